The number of aromatic nitrogens is 2. The number of rotatable bonds is 6. The fourth-order valence-electron chi connectivity index (χ4n) is 1.28. The summed E-state index contributed by atoms with van der Waals surface area (Å²) < 4.78 is 0. The highest BCUT2D eigenvalue weighted by Crippen LogP contribution is 2.20. The molecule has 102 valence electrons. The molecular weight excluding hydrogens is 246 g/mol. The molecule has 0 spiro atoms. The molecule has 1 aromatic rings. The molecule has 5 heteroatoms. The highest BCUT2D eigenvalue weighted by molar-refractivity contribution is 7.99. The van der Waals surface area contributed by atoms with Crippen LogP contribution in [0.3, 0.4) is 0 Å². The van der Waals surface area contributed by atoms with Gasteiger partial charge in [-0.2, -0.15) is 0 Å². The van der Waals surface area contributed by atoms with Crippen LogP contribution in [-0.4, -0.2) is 32.5 Å². The maximum Gasteiger partial charge on any atom is 0.187 e. The molecule has 0 aromatic carbocycles. The Labute approximate surface area is 114 Å². The zero-order valence-corrected chi connectivity index (χ0v) is 12.4. The van der Waals surface area contributed by atoms with Crippen molar-refractivity contribution < 1.29 is 5.11 Å². The van der Waals surface area contributed by atoms with Gasteiger partial charge in [-0.25, -0.2) is 9.97 Å². The minimum atomic E-state index is 0.100. The number of aliphatic hydroxyl groups excluding tert-OH is 1. The van der Waals surface area contributed by atoms with Crippen LogP contribution in [0.5, 0.6) is 0 Å². The van der Waals surface area contributed by atoms with E-state index >= 15 is 0 Å². The number of nitrogens with one attached hydrogen (secondary N) is 1. The van der Waals surface area contributed by atoms with Crippen LogP contribution in [0.4, 0.5) is 0 Å². The molecule has 1 heterocycles. The van der Waals surface area contributed by atoms with Gasteiger partial charge in [-0.15, -0.1) is 0 Å². The topological polar surface area (TPSA) is 58.0 Å². The van der Waals surface area contributed by atoms with Crippen LogP contribution in [0, 0.1) is 0 Å². The van der Waals surface area contributed by atoms with E-state index in [2.05, 4.69) is 43.0 Å². The first-order valence-electron chi connectivity index (χ1n) is 6.24. The van der Waals surface area contributed by atoms with Gasteiger partial charge in [0.15, 0.2) is 5.16 Å². The molecule has 0 bridgehead atoms. The van der Waals surface area contributed by atoms with Gasteiger partial charge in [-0.1, -0.05) is 18.7 Å². The molecule has 18 heavy (non-hydrogen) atoms. The average Bonchev–Trinajstić information content (AvgIpc) is 2.27. The third-order valence-electron chi connectivity index (χ3n) is 2.35. The summed E-state index contributed by atoms with van der Waals surface area (Å²) in [5.41, 5.74) is 1.19. The smallest absolute Gasteiger partial charge is 0.187 e. The molecular formula is C13H23N3OS. The van der Waals surface area contributed by atoms with Crippen LogP contribution in [0.15, 0.2) is 17.6 Å². The van der Waals surface area contributed by atoms with Crippen molar-refractivity contribution in [2.75, 3.05) is 6.61 Å². The second-order valence-electron chi connectivity index (χ2n) is 5.42. The summed E-state index contributed by atoms with van der Waals surface area (Å²) >= 11 is 1.60. The number of thioether (sulfide) groups is 1. The van der Waals surface area contributed by atoms with Crippen LogP contribution in [-0.2, 0) is 6.54 Å². The summed E-state index contributed by atoms with van der Waals surface area (Å²) in [6.07, 6.45) is 4.49. The fourth-order valence-corrected chi connectivity index (χ4v) is 2.09. The van der Waals surface area contributed by atoms with Gasteiger partial charge in [-0.3, -0.25) is 0 Å². The summed E-state index contributed by atoms with van der Waals surface area (Å²) in [6.45, 7) is 9.46. The van der Waals surface area contributed by atoms with Crippen molar-refractivity contribution in [1.82, 2.24) is 15.3 Å². The van der Waals surface area contributed by atoms with Crippen molar-refractivity contribution in [2.45, 2.75) is 56.6 Å². The second kappa shape index (κ2) is 7.07. The van der Waals surface area contributed by atoms with Crippen LogP contribution in [0.25, 0.3) is 0 Å². The van der Waals surface area contributed by atoms with E-state index in [4.69, 9.17) is 5.11 Å². The number of nitrogens with zero attached hydrogens (tertiary/aromatic N) is 2. The second-order valence-corrected chi connectivity index (χ2v) is 6.82. The Kier molecular flexibility index (Phi) is 6.05. The highest BCUT2D eigenvalue weighted by Gasteiger charge is 2.09. The van der Waals surface area contributed by atoms with Crippen LogP contribution >= 0.6 is 11.8 Å². The molecule has 0 saturated heterocycles. The normalized spacial score (nSPS) is 13.6. The van der Waals surface area contributed by atoms with Gasteiger partial charge in [0.05, 0.1) is 0 Å². The molecule has 1 unspecified atom stereocenters. The standard InChI is InChI=1S/C13H23N3OS/c1-10(5-6-17)18-12-14-7-11(8-15-12)9-16-13(2,3)4/h7-8,10,16-17H,5-6,9H2,1-4H3. The first kappa shape index (κ1) is 15.4. The van der Waals surface area contributed by atoms with Crippen LogP contribution in [0.1, 0.15) is 39.7 Å². The molecule has 1 atom stereocenters. The molecule has 0 aliphatic carbocycles. The zero-order chi connectivity index (χ0) is 13.6. The number of hydrogen-bond acceptors (Lipinski definition) is 5. The molecule has 4 nitrogen and oxygen atoms in total. The monoisotopic (exact) mass is 269 g/mol. The van der Waals surface area contributed by atoms with Crippen molar-refractivity contribution in [3.8, 4) is 0 Å². The van der Waals surface area contributed by atoms with Crippen molar-refractivity contribution in [2.24, 2.45) is 0 Å². The largest absolute Gasteiger partial charge is 0.396 e. The fraction of sp³-hybridized carbons (Fsp3) is 0.692. The Balaban J connectivity index is 2.47. The third kappa shape index (κ3) is 6.33. The minimum Gasteiger partial charge on any atom is -0.396 e. The lowest BCUT2D eigenvalue weighted by atomic mass is 10.1. The lowest BCUT2D eigenvalue weighted by Gasteiger charge is -2.20. The molecule has 0 saturated carbocycles. The minimum absolute atomic E-state index is 0.100. The Morgan fingerprint density at radius 2 is 1.94 bits per heavy atom. The van der Waals surface area contributed by atoms with Gasteiger partial charge in [0.2, 0.25) is 0 Å². The van der Waals surface area contributed by atoms with Gasteiger partial charge in [-0.05, 0) is 27.2 Å². The van der Waals surface area contributed by atoms with E-state index < -0.39 is 0 Å². The maximum absolute atomic E-state index is 8.84. The summed E-state index contributed by atoms with van der Waals surface area (Å²) in [5.74, 6) is 0. The third-order valence-corrected chi connectivity index (χ3v) is 3.41. The van der Waals surface area contributed by atoms with Gasteiger partial charge < -0.3 is 10.4 Å². The Hall–Kier alpha value is -0.650. The van der Waals surface area contributed by atoms with E-state index in [0.717, 1.165) is 23.7 Å². The Bertz CT molecular complexity index is 348. The summed E-state index contributed by atoms with van der Waals surface area (Å²) in [7, 11) is 0. The van der Waals surface area contributed by atoms with E-state index in [0.29, 0.717) is 5.25 Å². The van der Waals surface area contributed by atoms with Crippen LogP contribution < -0.4 is 5.32 Å². The van der Waals surface area contributed by atoms with Gasteiger partial charge in [0.1, 0.15) is 0 Å². The summed E-state index contributed by atoms with van der Waals surface area (Å²) in [6, 6.07) is 0. The molecule has 0 radical (unpaired) electrons. The zero-order valence-electron chi connectivity index (χ0n) is 11.6. The molecule has 0 aliphatic rings. The predicted octanol–water partition coefficient (Wildman–Crippen LogP) is 2.23. The molecule has 2 N–H and O–H groups in total. The van der Waals surface area contributed by atoms with Crippen molar-refractivity contribution >= 4 is 11.8 Å². The quantitative estimate of drug-likeness (QED) is 0.612. The molecule has 0 amide bonds. The van der Waals surface area contributed by atoms with Gasteiger partial charge in [0.25, 0.3) is 0 Å². The van der Waals surface area contributed by atoms with E-state index in [9.17, 15) is 0 Å². The van der Waals surface area contributed by atoms with E-state index in [1.807, 2.05) is 12.4 Å². The molecule has 0 aliphatic heterocycles. The lowest BCUT2D eigenvalue weighted by molar-refractivity contribution is 0.289. The first-order valence-corrected chi connectivity index (χ1v) is 7.12. The van der Waals surface area contributed by atoms with Gasteiger partial charge in [0, 0.05) is 41.9 Å². The summed E-state index contributed by atoms with van der Waals surface area (Å²) in [5, 5.41) is 13.4. The van der Waals surface area contributed by atoms with E-state index in [1.165, 1.54) is 0 Å². The molecule has 0 fully saturated rings. The predicted molar refractivity (Wildman–Crippen MR) is 75.6 cm³/mol. The van der Waals surface area contributed by atoms with Gasteiger partial charge >= 0.3 is 0 Å². The average molecular weight is 269 g/mol. The maximum atomic E-state index is 8.84. The van der Waals surface area contributed by atoms with Crippen molar-refractivity contribution in [3.05, 3.63) is 18.0 Å². The SMILES string of the molecule is CC(CCO)Sc1ncc(CNC(C)(C)C)cn1. The Morgan fingerprint density at radius 1 is 1.33 bits per heavy atom. The van der Waals surface area contributed by atoms with Crippen LogP contribution in [0.2, 0.25) is 0 Å². The number of hydrogen-bond donors (Lipinski definition) is 2. The van der Waals surface area contributed by atoms with Crippen molar-refractivity contribution in [1.29, 1.82) is 0 Å². The van der Waals surface area contributed by atoms with Crippen molar-refractivity contribution in [3.63, 3.8) is 0 Å². The molecule has 1 rings (SSSR count). The molecule has 1 aromatic heterocycles. The lowest BCUT2D eigenvalue weighted by Crippen LogP contribution is -2.35. The number of aliphatic hydroxyl groups is 1. The van der Waals surface area contributed by atoms with E-state index in [-0.39, 0.29) is 12.1 Å². The first-order chi connectivity index (χ1) is 8.40. The highest BCUT2D eigenvalue weighted by atomic mass is 32.2. The summed E-state index contributed by atoms with van der Waals surface area (Å²) in [4.78, 5) is 8.66. The van der Waals surface area contributed by atoms with E-state index in [1.54, 1.807) is 11.8 Å². The Morgan fingerprint density at radius 3 is 2.44 bits per heavy atom.